The lowest BCUT2D eigenvalue weighted by molar-refractivity contribution is -0.196. The molecule has 0 bridgehead atoms. The summed E-state index contributed by atoms with van der Waals surface area (Å²) in [5.41, 5.74) is -0.657. The molecule has 0 amide bonds. The Balaban J connectivity index is 2.55. The number of aliphatic hydroxyl groups excluding tert-OH is 1. The third-order valence-corrected chi connectivity index (χ3v) is 2.50. The van der Waals surface area contributed by atoms with E-state index in [0.29, 0.717) is 19.4 Å². The molecular weight excluding hydrogens is 184 g/mol. The first-order valence-electron chi connectivity index (χ1n) is 5.00. The van der Waals surface area contributed by atoms with Crippen LogP contribution in [0.3, 0.4) is 0 Å². The molecular formula is C10H18O4. The fourth-order valence-corrected chi connectivity index (χ4v) is 1.56. The molecule has 0 aromatic rings. The van der Waals surface area contributed by atoms with E-state index in [9.17, 15) is 9.90 Å². The van der Waals surface area contributed by atoms with Crippen LogP contribution in [0.25, 0.3) is 0 Å². The highest BCUT2D eigenvalue weighted by molar-refractivity contribution is 5.74. The average Bonchev–Trinajstić information content (AvgIpc) is 2.10. The number of carbonyl (C=O) groups is 1. The summed E-state index contributed by atoms with van der Waals surface area (Å²) in [6, 6.07) is 0. The minimum absolute atomic E-state index is 0.326. The van der Waals surface area contributed by atoms with Crippen molar-refractivity contribution in [3.05, 3.63) is 0 Å². The number of rotatable bonds is 2. The van der Waals surface area contributed by atoms with Crippen molar-refractivity contribution in [3.63, 3.8) is 0 Å². The van der Waals surface area contributed by atoms with Gasteiger partial charge in [-0.15, -0.1) is 0 Å². The molecule has 0 aromatic carbocycles. The monoisotopic (exact) mass is 202 g/mol. The molecule has 0 aromatic heterocycles. The fraction of sp³-hybridized carbons (Fsp3) is 0.900. The van der Waals surface area contributed by atoms with Gasteiger partial charge in [0.25, 0.3) is 0 Å². The second-order valence-electron chi connectivity index (χ2n) is 4.06. The molecule has 1 fully saturated rings. The average molecular weight is 202 g/mol. The summed E-state index contributed by atoms with van der Waals surface area (Å²) in [7, 11) is 0. The zero-order valence-electron chi connectivity index (χ0n) is 8.95. The van der Waals surface area contributed by atoms with Crippen molar-refractivity contribution in [2.75, 3.05) is 6.61 Å². The lowest BCUT2D eigenvalue weighted by Gasteiger charge is -2.38. The molecule has 0 saturated carbocycles. The number of ether oxygens (including phenoxy) is 2. The molecule has 0 unspecified atom stereocenters. The summed E-state index contributed by atoms with van der Waals surface area (Å²) in [6.45, 7) is 5.69. The molecule has 4 heteroatoms. The van der Waals surface area contributed by atoms with E-state index in [0.717, 1.165) is 0 Å². The van der Waals surface area contributed by atoms with Crippen molar-refractivity contribution < 1.29 is 19.4 Å². The van der Waals surface area contributed by atoms with Crippen molar-refractivity contribution in [2.24, 2.45) is 0 Å². The number of hydrogen-bond donors (Lipinski definition) is 1. The van der Waals surface area contributed by atoms with Gasteiger partial charge in [0.15, 0.2) is 6.10 Å². The number of carbonyl (C=O) groups excluding carboxylic acids is 1. The first-order valence-corrected chi connectivity index (χ1v) is 5.00. The number of esters is 1. The van der Waals surface area contributed by atoms with E-state index in [-0.39, 0.29) is 5.97 Å². The van der Waals surface area contributed by atoms with Crippen LogP contribution in [-0.2, 0) is 14.3 Å². The van der Waals surface area contributed by atoms with E-state index >= 15 is 0 Å². The van der Waals surface area contributed by atoms with E-state index in [1.807, 2.05) is 0 Å². The fourth-order valence-electron chi connectivity index (χ4n) is 1.56. The van der Waals surface area contributed by atoms with Gasteiger partial charge in [-0.1, -0.05) is 0 Å². The SMILES string of the molecule is CCOC(=O)[C@H]1CC[C@H](O)C(C)(C)O1. The van der Waals surface area contributed by atoms with Gasteiger partial charge in [-0.2, -0.15) is 0 Å². The van der Waals surface area contributed by atoms with Gasteiger partial charge in [-0.25, -0.2) is 4.79 Å². The van der Waals surface area contributed by atoms with Gasteiger partial charge in [0, 0.05) is 0 Å². The molecule has 1 N–H and O–H groups in total. The van der Waals surface area contributed by atoms with Crippen molar-refractivity contribution in [1.82, 2.24) is 0 Å². The molecule has 1 rings (SSSR count). The smallest absolute Gasteiger partial charge is 0.335 e. The van der Waals surface area contributed by atoms with Gasteiger partial charge in [0.1, 0.15) is 0 Å². The largest absolute Gasteiger partial charge is 0.464 e. The van der Waals surface area contributed by atoms with Gasteiger partial charge < -0.3 is 14.6 Å². The third-order valence-electron chi connectivity index (χ3n) is 2.50. The van der Waals surface area contributed by atoms with Crippen molar-refractivity contribution in [2.45, 2.75) is 51.4 Å². The molecule has 82 valence electrons. The highest BCUT2D eigenvalue weighted by Gasteiger charge is 2.39. The normalized spacial score (nSPS) is 31.1. The zero-order valence-corrected chi connectivity index (χ0v) is 8.95. The van der Waals surface area contributed by atoms with Crippen molar-refractivity contribution in [3.8, 4) is 0 Å². The Morgan fingerprint density at radius 2 is 2.21 bits per heavy atom. The summed E-state index contributed by atoms with van der Waals surface area (Å²) < 4.78 is 10.3. The van der Waals surface area contributed by atoms with Crippen LogP contribution in [0.1, 0.15) is 33.6 Å². The topological polar surface area (TPSA) is 55.8 Å². The maximum atomic E-state index is 11.4. The van der Waals surface area contributed by atoms with Crippen molar-refractivity contribution in [1.29, 1.82) is 0 Å². The number of hydrogen-bond acceptors (Lipinski definition) is 4. The van der Waals surface area contributed by atoms with Gasteiger partial charge >= 0.3 is 5.97 Å². The highest BCUT2D eigenvalue weighted by Crippen LogP contribution is 2.28. The van der Waals surface area contributed by atoms with Crippen molar-refractivity contribution >= 4 is 5.97 Å². The van der Waals surface area contributed by atoms with Crippen LogP contribution in [0.4, 0.5) is 0 Å². The second-order valence-corrected chi connectivity index (χ2v) is 4.06. The minimum Gasteiger partial charge on any atom is -0.464 e. The van der Waals surface area contributed by atoms with Crippen LogP contribution < -0.4 is 0 Å². The molecule has 0 aliphatic carbocycles. The summed E-state index contributed by atoms with van der Waals surface area (Å²) in [5.74, 6) is -0.326. The van der Waals surface area contributed by atoms with Gasteiger partial charge in [-0.05, 0) is 33.6 Å². The van der Waals surface area contributed by atoms with E-state index in [1.165, 1.54) is 0 Å². The Labute approximate surface area is 84.2 Å². The van der Waals surface area contributed by atoms with Crippen LogP contribution in [0, 0.1) is 0 Å². The lowest BCUT2D eigenvalue weighted by atomic mass is 9.92. The quantitative estimate of drug-likeness (QED) is 0.675. The molecule has 4 nitrogen and oxygen atoms in total. The van der Waals surface area contributed by atoms with E-state index in [4.69, 9.17) is 9.47 Å². The summed E-state index contributed by atoms with van der Waals surface area (Å²) >= 11 is 0. The van der Waals surface area contributed by atoms with Gasteiger partial charge in [0.2, 0.25) is 0 Å². The first-order chi connectivity index (χ1) is 6.47. The van der Waals surface area contributed by atoms with E-state index < -0.39 is 17.8 Å². The van der Waals surface area contributed by atoms with Crippen LogP contribution in [0.15, 0.2) is 0 Å². The summed E-state index contributed by atoms with van der Waals surface area (Å²) in [4.78, 5) is 11.4. The van der Waals surface area contributed by atoms with Crippen LogP contribution >= 0.6 is 0 Å². The molecule has 1 saturated heterocycles. The lowest BCUT2D eigenvalue weighted by Crippen LogP contribution is -2.49. The predicted octanol–water partition coefficient (Wildman–Crippen LogP) is 0.868. The Morgan fingerprint density at radius 3 is 2.71 bits per heavy atom. The molecule has 0 radical (unpaired) electrons. The molecule has 1 heterocycles. The summed E-state index contributed by atoms with van der Waals surface area (Å²) in [6.07, 6.45) is 0.0847. The number of aliphatic hydroxyl groups is 1. The van der Waals surface area contributed by atoms with E-state index in [1.54, 1.807) is 20.8 Å². The minimum atomic E-state index is -0.657. The molecule has 14 heavy (non-hydrogen) atoms. The van der Waals surface area contributed by atoms with Gasteiger partial charge in [-0.3, -0.25) is 0 Å². The molecule has 0 spiro atoms. The Morgan fingerprint density at radius 1 is 1.57 bits per heavy atom. The maximum absolute atomic E-state index is 11.4. The van der Waals surface area contributed by atoms with Crippen LogP contribution in [0.5, 0.6) is 0 Å². The second kappa shape index (κ2) is 4.28. The van der Waals surface area contributed by atoms with Crippen LogP contribution in [-0.4, -0.2) is 35.5 Å². The summed E-state index contributed by atoms with van der Waals surface area (Å²) in [5, 5.41) is 9.59. The maximum Gasteiger partial charge on any atom is 0.335 e. The highest BCUT2D eigenvalue weighted by atomic mass is 16.6. The van der Waals surface area contributed by atoms with Gasteiger partial charge in [0.05, 0.1) is 18.3 Å². The van der Waals surface area contributed by atoms with Crippen LogP contribution in [0.2, 0.25) is 0 Å². The Kier molecular flexibility index (Phi) is 3.50. The molecule has 2 atom stereocenters. The zero-order chi connectivity index (χ0) is 10.8. The first kappa shape index (κ1) is 11.5. The Bertz CT molecular complexity index is 212. The third kappa shape index (κ3) is 2.45. The molecule has 1 aliphatic rings. The Hall–Kier alpha value is -0.610. The van der Waals surface area contributed by atoms with E-state index in [2.05, 4.69) is 0 Å². The standard InChI is InChI=1S/C10H18O4/c1-4-13-9(12)7-5-6-8(11)10(2,3)14-7/h7-8,11H,4-6H2,1-3H3/t7-,8+/m1/s1. The predicted molar refractivity (Wildman–Crippen MR) is 50.8 cm³/mol. The molecule has 1 aliphatic heterocycles.